The van der Waals surface area contributed by atoms with Crippen molar-refractivity contribution >= 4 is 17.7 Å². The number of hydrogen-bond acceptors (Lipinski definition) is 6. The van der Waals surface area contributed by atoms with Crippen LogP contribution in [-0.4, -0.2) is 40.4 Å². The molecule has 2 bridgehead atoms. The first-order valence-electron chi connectivity index (χ1n) is 10.8. The highest BCUT2D eigenvalue weighted by atomic mass is 32.2. The average Bonchev–Trinajstić information content (AvgIpc) is 3.01. The number of carbonyl (C=O) groups is 1. The van der Waals surface area contributed by atoms with E-state index in [1.54, 1.807) is 27.5 Å². The highest BCUT2D eigenvalue weighted by molar-refractivity contribution is 7.98. The molecule has 0 aliphatic carbocycles. The number of rotatable bonds is 0. The van der Waals surface area contributed by atoms with Crippen LogP contribution in [-0.2, 0) is 5.75 Å². The highest BCUT2D eigenvalue weighted by Crippen LogP contribution is 2.46. The molecule has 33 heavy (non-hydrogen) atoms. The number of aromatic nitrogens is 1. The molecule has 1 aromatic heterocycles. The smallest absolute Gasteiger partial charge is 0.278 e. The molecule has 0 spiro atoms. The Kier molecular flexibility index (Phi) is 4.69. The van der Waals surface area contributed by atoms with Gasteiger partial charge < -0.3 is 14.7 Å². The van der Waals surface area contributed by atoms with Crippen LogP contribution < -0.4 is 15.2 Å². The second-order valence-electron chi connectivity index (χ2n) is 8.17. The summed E-state index contributed by atoms with van der Waals surface area (Å²) in [4.78, 5) is 28.3. The topological polar surface area (TPSA) is 75.0 Å². The van der Waals surface area contributed by atoms with Crippen LogP contribution in [0.25, 0.3) is 0 Å². The molecule has 8 heteroatoms. The summed E-state index contributed by atoms with van der Waals surface area (Å²) in [6.45, 7) is 1.01. The number of benzene rings is 2. The summed E-state index contributed by atoms with van der Waals surface area (Å²) in [5.74, 6) is 0.666. The zero-order valence-corrected chi connectivity index (χ0v) is 18.5. The summed E-state index contributed by atoms with van der Waals surface area (Å²) >= 11 is 1.77. The van der Waals surface area contributed by atoms with Crippen molar-refractivity contribution in [2.24, 2.45) is 0 Å². The standard InChI is InChI=1S/C25H21N3O4S/c29-18-10-12-27-23(24(18)30)25(31)26-11-3-4-13-32-19-8-5-6-16-14-33-20-9-2-1-7-17(20)22(21(16)19)28(27)15-26/h1-10,12,22,30H,11,13-15H2/b4-3+/t22-/m0/s1. The Morgan fingerprint density at radius 1 is 1.03 bits per heavy atom. The molecule has 1 N–H and O–H groups in total. The molecule has 0 saturated heterocycles. The minimum Gasteiger partial charge on any atom is -0.502 e. The third-order valence-electron chi connectivity index (χ3n) is 6.29. The third kappa shape index (κ3) is 3.13. The molecular weight excluding hydrogens is 438 g/mol. The van der Waals surface area contributed by atoms with E-state index >= 15 is 0 Å². The van der Waals surface area contributed by atoms with E-state index in [0.717, 1.165) is 33.1 Å². The van der Waals surface area contributed by atoms with Gasteiger partial charge in [-0.25, -0.2) is 0 Å². The molecule has 6 rings (SSSR count). The molecule has 3 aliphatic rings. The lowest BCUT2D eigenvalue weighted by atomic mass is 9.93. The zero-order chi connectivity index (χ0) is 22.5. The van der Waals surface area contributed by atoms with E-state index in [9.17, 15) is 14.7 Å². The van der Waals surface area contributed by atoms with Crippen LogP contribution in [0.3, 0.4) is 0 Å². The van der Waals surface area contributed by atoms with Crippen LogP contribution in [0.1, 0.15) is 33.2 Å². The van der Waals surface area contributed by atoms with Crippen molar-refractivity contribution in [2.45, 2.75) is 16.7 Å². The normalized spacial score (nSPS) is 19.9. The summed E-state index contributed by atoms with van der Waals surface area (Å²) in [6.07, 6.45) is 5.35. The summed E-state index contributed by atoms with van der Waals surface area (Å²) in [5.41, 5.74) is 2.68. The Bertz CT molecular complexity index is 1370. The first kappa shape index (κ1) is 20.0. The monoisotopic (exact) mass is 459 g/mol. The van der Waals surface area contributed by atoms with Gasteiger partial charge >= 0.3 is 0 Å². The lowest BCUT2D eigenvalue weighted by molar-refractivity contribution is 0.0701. The van der Waals surface area contributed by atoms with E-state index in [-0.39, 0.29) is 24.3 Å². The Morgan fingerprint density at radius 3 is 2.82 bits per heavy atom. The SMILES string of the molecule is O=C1c2c(O)c(=O)ccn2N2CN1C/C=C/COc1cccc3c1[C@@H]2c1ccccc1SC3. The Labute approximate surface area is 194 Å². The molecule has 3 aromatic rings. The molecule has 3 aliphatic heterocycles. The van der Waals surface area contributed by atoms with Crippen LogP contribution in [0.5, 0.6) is 11.5 Å². The van der Waals surface area contributed by atoms with Gasteiger partial charge in [0.1, 0.15) is 25.1 Å². The Balaban J connectivity index is 1.68. The van der Waals surface area contributed by atoms with Crippen LogP contribution in [0.4, 0.5) is 0 Å². The van der Waals surface area contributed by atoms with Crippen molar-refractivity contribution in [3.05, 3.63) is 99.5 Å². The molecule has 1 atom stereocenters. The molecule has 166 valence electrons. The van der Waals surface area contributed by atoms with Crippen molar-refractivity contribution in [1.82, 2.24) is 9.58 Å². The number of aromatic hydroxyl groups is 1. The van der Waals surface area contributed by atoms with E-state index in [2.05, 4.69) is 18.2 Å². The van der Waals surface area contributed by atoms with Gasteiger partial charge in [-0.15, -0.1) is 11.8 Å². The molecule has 0 fully saturated rings. The summed E-state index contributed by atoms with van der Waals surface area (Å²) < 4.78 is 7.84. The fourth-order valence-corrected chi connectivity index (χ4v) is 5.84. The van der Waals surface area contributed by atoms with Gasteiger partial charge in [-0.1, -0.05) is 36.4 Å². The van der Waals surface area contributed by atoms with E-state index in [1.807, 2.05) is 41.4 Å². The second kappa shape index (κ2) is 7.74. The van der Waals surface area contributed by atoms with Gasteiger partial charge in [-0.3, -0.25) is 19.3 Å². The molecule has 1 amide bonds. The first-order chi connectivity index (χ1) is 16.1. The molecule has 2 aromatic carbocycles. The Morgan fingerprint density at radius 2 is 1.91 bits per heavy atom. The maximum absolute atomic E-state index is 13.3. The number of carbonyl (C=O) groups excluding carboxylic acids is 1. The number of fused-ring (bicyclic) bond motifs is 7. The summed E-state index contributed by atoms with van der Waals surface area (Å²) in [5, 5.41) is 12.7. The van der Waals surface area contributed by atoms with Gasteiger partial charge in [-0.05, 0) is 29.3 Å². The zero-order valence-electron chi connectivity index (χ0n) is 17.7. The van der Waals surface area contributed by atoms with E-state index in [1.165, 1.54) is 6.07 Å². The van der Waals surface area contributed by atoms with Crippen LogP contribution >= 0.6 is 11.8 Å². The minimum atomic E-state index is -0.572. The minimum absolute atomic E-state index is 0.0178. The highest BCUT2D eigenvalue weighted by Gasteiger charge is 2.39. The quantitative estimate of drug-likeness (QED) is 0.521. The molecule has 0 saturated carbocycles. The lowest BCUT2D eigenvalue weighted by Crippen LogP contribution is -2.55. The largest absolute Gasteiger partial charge is 0.502 e. The number of pyridine rings is 1. The fraction of sp³-hybridized carbons (Fsp3) is 0.200. The third-order valence-corrected chi connectivity index (χ3v) is 7.43. The summed E-state index contributed by atoms with van der Waals surface area (Å²) in [6, 6.07) is 15.3. The van der Waals surface area contributed by atoms with Gasteiger partial charge in [0.2, 0.25) is 5.43 Å². The van der Waals surface area contributed by atoms with Gasteiger partial charge in [-0.2, -0.15) is 0 Å². The number of nitrogens with zero attached hydrogens (tertiary/aromatic N) is 3. The van der Waals surface area contributed by atoms with E-state index in [4.69, 9.17) is 4.74 Å². The van der Waals surface area contributed by atoms with E-state index in [0.29, 0.717) is 13.2 Å². The van der Waals surface area contributed by atoms with Crippen molar-refractivity contribution < 1.29 is 14.6 Å². The van der Waals surface area contributed by atoms with Gasteiger partial charge in [0.25, 0.3) is 5.91 Å². The fourth-order valence-electron chi connectivity index (χ4n) is 4.75. The molecule has 0 radical (unpaired) electrons. The molecule has 7 nitrogen and oxygen atoms in total. The Hall–Kier alpha value is -3.65. The number of hydrogen-bond donors (Lipinski definition) is 1. The van der Waals surface area contributed by atoms with Gasteiger partial charge in [0.15, 0.2) is 11.4 Å². The van der Waals surface area contributed by atoms with Gasteiger partial charge in [0, 0.05) is 35.0 Å². The first-order valence-corrected chi connectivity index (χ1v) is 11.7. The maximum atomic E-state index is 13.3. The number of ether oxygens (including phenoxy) is 1. The molecule has 4 heterocycles. The van der Waals surface area contributed by atoms with Crippen molar-refractivity contribution in [3.8, 4) is 11.5 Å². The van der Waals surface area contributed by atoms with Gasteiger partial charge in [0.05, 0.1) is 0 Å². The van der Waals surface area contributed by atoms with Crippen LogP contribution in [0.15, 0.2) is 76.6 Å². The van der Waals surface area contributed by atoms with Crippen LogP contribution in [0, 0.1) is 0 Å². The molecular formula is C25H21N3O4S. The second-order valence-corrected chi connectivity index (χ2v) is 9.19. The van der Waals surface area contributed by atoms with E-state index < -0.39 is 11.2 Å². The van der Waals surface area contributed by atoms with Crippen molar-refractivity contribution in [2.75, 3.05) is 24.8 Å². The summed E-state index contributed by atoms with van der Waals surface area (Å²) in [7, 11) is 0. The predicted octanol–water partition coefficient (Wildman–Crippen LogP) is 3.25. The average molecular weight is 460 g/mol. The number of amides is 1. The van der Waals surface area contributed by atoms with Crippen molar-refractivity contribution in [3.63, 3.8) is 0 Å². The predicted molar refractivity (Wildman–Crippen MR) is 125 cm³/mol. The lowest BCUT2D eigenvalue weighted by Gasteiger charge is -2.44. The maximum Gasteiger partial charge on any atom is 0.278 e. The van der Waals surface area contributed by atoms with Crippen LogP contribution in [0.2, 0.25) is 0 Å². The molecule has 0 unspecified atom stereocenters. The number of thioether (sulfide) groups is 1. The van der Waals surface area contributed by atoms with Crippen molar-refractivity contribution in [1.29, 1.82) is 0 Å².